The van der Waals surface area contributed by atoms with Crippen molar-refractivity contribution in [3.05, 3.63) is 21.9 Å². The second kappa shape index (κ2) is 2.68. The van der Waals surface area contributed by atoms with Crippen molar-refractivity contribution in [2.45, 2.75) is 13.8 Å². The van der Waals surface area contributed by atoms with E-state index < -0.39 is 0 Å². The first-order valence-electron chi connectivity index (χ1n) is 3.56. The Morgan fingerprint density at radius 1 is 1.33 bits per heavy atom. The van der Waals surface area contributed by atoms with Crippen LogP contribution in [0.3, 0.4) is 0 Å². The number of nitrogens with zero attached hydrogens (tertiary/aromatic N) is 2. The van der Waals surface area contributed by atoms with Crippen LogP contribution in [0.5, 0.6) is 0 Å². The molecule has 0 aromatic carbocycles. The lowest BCUT2D eigenvalue weighted by molar-refractivity contribution is 1.22. The molecule has 4 heteroatoms. The van der Waals surface area contributed by atoms with E-state index in [0.29, 0.717) is 5.15 Å². The summed E-state index contributed by atoms with van der Waals surface area (Å²) in [4.78, 5) is 9.36. The fraction of sp³-hybridized carbons (Fsp3) is 0.250. The first-order valence-corrected chi connectivity index (χ1v) is 4.76. The molecule has 2 nitrogen and oxygen atoms in total. The predicted octanol–water partition coefficient (Wildman–Crippen LogP) is 2.96. The molecule has 0 spiro atoms. The van der Waals surface area contributed by atoms with Gasteiger partial charge in [-0.05, 0) is 19.4 Å². The Morgan fingerprint density at radius 2 is 2.08 bits per heavy atom. The number of halogens is 1. The maximum atomic E-state index is 5.90. The number of thiophene rings is 1. The Hall–Kier alpha value is -0.670. The Labute approximate surface area is 79.2 Å². The minimum Gasteiger partial charge on any atom is -0.235 e. The summed E-state index contributed by atoms with van der Waals surface area (Å²) in [6.45, 7) is 4.12. The number of aromatic nitrogens is 2. The molecule has 62 valence electrons. The number of hydrogen-bond donors (Lipinski definition) is 0. The highest BCUT2D eigenvalue weighted by Gasteiger charge is 2.08. The van der Waals surface area contributed by atoms with Crippen LogP contribution in [0.15, 0.2) is 6.33 Å². The number of rotatable bonds is 0. The third-order valence-corrected chi connectivity index (χ3v) is 3.50. The molecular weight excluding hydrogens is 192 g/mol. The average Bonchev–Trinajstić information content (AvgIpc) is 2.32. The summed E-state index contributed by atoms with van der Waals surface area (Å²) in [5.41, 5.74) is 2.19. The van der Waals surface area contributed by atoms with Crippen molar-refractivity contribution < 1.29 is 0 Å². The first-order chi connectivity index (χ1) is 5.70. The molecular formula is C8H7ClN2S. The standard InChI is InChI=1S/C8H7ClN2S/c1-4-5(2)12-7-6(4)10-3-11-8(7)9/h3H,1-2H3. The Balaban J connectivity index is 2.95. The van der Waals surface area contributed by atoms with Crippen LogP contribution in [0.25, 0.3) is 10.2 Å². The molecule has 0 saturated heterocycles. The number of hydrogen-bond acceptors (Lipinski definition) is 3. The molecule has 12 heavy (non-hydrogen) atoms. The average molecular weight is 199 g/mol. The third kappa shape index (κ3) is 1.01. The summed E-state index contributed by atoms with van der Waals surface area (Å²) in [6, 6.07) is 0. The number of fused-ring (bicyclic) bond motifs is 1. The normalized spacial score (nSPS) is 10.9. The molecule has 0 unspecified atom stereocenters. The van der Waals surface area contributed by atoms with Gasteiger partial charge in [-0.15, -0.1) is 11.3 Å². The summed E-state index contributed by atoms with van der Waals surface area (Å²) < 4.78 is 0.995. The van der Waals surface area contributed by atoms with E-state index in [1.165, 1.54) is 16.8 Å². The molecule has 2 rings (SSSR count). The number of aryl methyl sites for hydroxylation is 2. The lowest BCUT2D eigenvalue weighted by atomic mass is 10.2. The van der Waals surface area contributed by atoms with E-state index in [1.54, 1.807) is 11.3 Å². The Kier molecular flexibility index (Phi) is 1.77. The van der Waals surface area contributed by atoms with Crippen molar-refractivity contribution >= 4 is 33.2 Å². The summed E-state index contributed by atoms with van der Waals surface area (Å²) in [5.74, 6) is 0. The summed E-state index contributed by atoms with van der Waals surface area (Å²) >= 11 is 7.55. The van der Waals surface area contributed by atoms with E-state index in [2.05, 4.69) is 23.8 Å². The molecule has 0 saturated carbocycles. The molecule has 2 aromatic rings. The first kappa shape index (κ1) is 7.95. The summed E-state index contributed by atoms with van der Waals surface area (Å²) in [6.07, 6.45) is 1.50. The van der Waals surface area contributed by atoms with Gasteiger partial charge in [0.05, 0.1) is 10.2 Å². The predicted molar refractivity (Wildman–Crippen MR) is 51.9 cm³/mol. The smallest absolute Gasteiger partial charge is 0.150 e. The van der Waals surface area contributed by atoms with Gasteiger partial charge in [0.1, 0.15) is 11.5 Å². The molecule has 2 aromatic heterocycles. The highest BCUT2D eigenvalue weighted by molar-refractivity contribution is 7.19. The molecule has 0 aliphatic heterocycles. The molecule has 0 aliphatic carbocycles. The maximum Gasteiger partial charge on any atom is 0.150 e. The minimum absolute atomic E-state index is 0.557. The highest BCUT2D eigenvalue weighted by Crippen LogP contribution is 2.31. The largest absolute Gasteiger partial charge is 0.235 e. The fourth-order valence-corrected chi connectivity index (χ4v) is 2.35. The lowest BCUT2D eigenvalue weighted by Gasteiger charge is -1.90. The van der Waals surface area contributed by atoms with Gasteiger partial charge >= 0.3 is 0 Å². The fourth-order valence-electron chi connectivity index (χ4n) is 1.11. The van der Waals surface area contributed by atoms with Gasteiger partial charge in [0, 0.05) is 4.88 Å². The molecule has 0 N–H and O–H groups in total. The van der Waals surface area contributed by atoms with Crippen LogP contribution in [-0.2, 0) is 0 Å². The molecule has 0 aliphatic rings. The van der Waals surface area contributed by atoms with Crippen molar-refractivity contribution in [2.75, 3.05) is 0 Å². The second-order valence-corrected chi connectivity index (χ2v) is 4.21. The van der Waals surface area contributed by atoms with Crippen LogP contribution in [0.2, 0.25) is 5.15 Å². The van der Waals surface area contributed by atoms with E-state index in [1.807, 2.05) is 0 Å². The van der Waals surface area contributed by atoms with Crippen LogP contribution in [0, 0.1) is 13.8 Å². The third-order valence-electron chi connectivity index (χ3n) is 1.90. The van der Waals surface area contributed by atoms with E-state index in [4.69, 9.17) is 11.6 Å². The van der Waals surface area contributed by atoms with Gasteiger partial charge in [0.2, 0.25) is 0 Å². The van der Waals surface area contributed by atoms with E-state index in [-0.39, 0.29) is 0 Å². The van der Waals surface area contributed by atoms with Crippen LogP contribution in [0.4, 0.5) is 0 Å². The van der Waals surface area contributed by atoms with Crippen LogP contribution < -0.4 is 0 Å². The van der Waals surface area contributed by atoms with Crippen molar-refractivity contribution in [1.82, 2.24) is 9.97 Å². The van der Waals surface area contributed by atoms with Crippen LogP contribution in [-0.4, -0.2) is 9.97 Å². The molecule has 0 bridgehead atoms. The maximum absolute atomic E-state index is 5.90. The van der Waals surface area contributed by atoms with Crippen LogP contribution in [0.1, 0.15) is 10.4 Å². The van der Waals surface area contributed by atoms with Gasteiger partial charge in [-0.1, -0.05) is 11.6 Å². The minimum atomic E-state index is 0.557. The van der Waals surface area contributed by atoms with Crippen molar-refractivity contribution in [3.63, 3.8) is 0 Å². The van der Waals surface area contributed by atoms with Crippen molar-refractivity contribution in [3.8, 4) is 0 Å². The second-order valence-electron chi connectivity index (χ2n) is 2.63. The van der Waals surface area contributed by atoms with E-state index in [9.17, 15) is 0 Å². The van der Waals surface area contributed by atoms with Crippen molar-refractivity contribution in [1.29, 1.82) is 0 Å². The monoisotopic (exact) mass is 198 g/mol. The zero-order chi connectivity index (χ0) is 8.72. The lowest BCUT2D eigenvalue weighted by Crippen LogP contribution is -1.80. The highest BCUT2D eigenvalue weighted by atomic mass is 35.5. The zero-order valence-corrected chi connectivity index (χ0v) is 8.33. The molecule has 0 fully saturated rings. The zero-order valence-electron chi connectivity index (χ0n) is 6.76. The summed E-state index contributed by atoms with van der Waals surface area (Å²) in [5, 5.41) is 0.557. The Morgan fingerprint density at radius 3 is 2.75 bits per heavy atom. The van der Waals surface area contributed by atoms with Gasteiger partial charge in [0.15, 0.2) is 0 Å². The van der Waals surface area contributed by atoms with Crippen molar-refractivity contribution in [2.24, 2.45) is 0 Å². The SMILES string of the molecule is Cc1sc2c(Cl)ncnc2c1C. The summed E-state index contributed by atoms with van der Waals surface area (Å²) in [7, 11) is 0. The van der Waals surface area contributed by atoms with Gasteiger partial charge in [-0.2, -0.15) is 0 Å². The van der Waals surface area contributed by atoms with E-state index >= 15 is 0 Å². The molecule has 2 heterocycles. The topological polar surface area (TPSA) is 25.8 Å². The molecule has 0 atom stereocenters. The van der Waals surface area contributed by atoms with Gasteiger partial charge < -0.3 is 0 Å². The molecule has 0 radical (unpaired) electrons. The van der Waals surface area contributed by atoms with E-state index in [0.717, 1.165) is 10.2 Å². The Bertz CT molecular complexity index is 436. The molecule has 0 amide bonds. The van der Waals surface area contributed by atoms with Gasteiger partial charge in [-0.3, -0.25) is 0 Å². The van der Waals surface area contributed by atoms with Gasteiger partial charge in [-0.25, -0.2) is 9.97 Å². The van der Waals surface area contributed by atoms with Crippen LogP contribution >= 0.6 is 22.9 Å². The quantitative estimate of drug-likeness (QED) is 0.609. The van der Waals surface area contributed by atoms with Gasteiger partial charge in [0.25, 0.3) is 0 Å².